The van der Waals surface area contributed by atoms with E-state index in [4.69, 9.17) is 11.5 Å². The molecule has 0 aromatic heterocycles. The van der Waals surface area contributed by atoms with Crippen molar-refractivity contribution in [1.82, 2.24) is 0 Å². The van der Waals surface area contributed by atoms with Crippen molar-refractivity contribution in [2.45, 2.75) is 6.92 Å². The Bertz CT molecular complexity index is 114. The maximum atomic E-state index is 4.90. The van der Waals surface area contributed by atoms with Crippen LogP contribution >= 0.6 is 0 Å². The molecule has 4 N–H and O–H groups in total. The van der Waals surface area contributed by atoms with E-state index in [1.165, 1.54) is 0 Å². The number of nitrogens with two attached hydrogens (primary N) is 2. The van der Waals surface area contributed by atoms with Gasteiger partial charge in [-0.25, -0.2) is 0 Å². The third-order valence-electron chi connectivity index (χ3n) is 0.307. The van der Waals surface area contributed by atoms with Crippen LogP contribution < -0.4 is 11.5 Å². The van der Waals surface area contributed by atoms with Gasteiger partial charge in [0.1, 0.15) is 5.76 Å². The van der Waals surface area contributed by atoms with E-state index in [2.05, 4.69) is 16.6 Å². The predicted octanol–water partition coefficient (Wildman–Crippen LogP) is -0.275. The molecular weight excluding hydrogens is 106 g/mol. The van der Waals surface area contributed by atoms with Crippen molar-refractivity contribution in [3.63, 3.8) is 0 Å². The molecule has 4 nitrogen and oxygen atoms in total. The van der Waals surface area contributed by atoms with Gasteiger partial charge >= 0.3 is 0 Å². The topological polar surface area (TPSA) is 73.6 Å². The molecule has 0 spiro atoms. The molecule has 4 heteroatoms. The Hall–Kier alpha value is -1.19. The molecule has 8 heavy (non-hydrogen) atoms. The minimum Gasteiger partial charge on any atom is -0.367 e. The lowest BCUT2D eigenvalue weighted by Crippen LogP contribution is -2.22. The maximum Gasteiger partial charge on any atom is 0.228 e. The lowest BCUT2D eigenvalue weighted by atomic mass is 10.7. The van der Waals surface area contributed by atoms with E-state index < -0.39 is 0 Å². The molecule has 0 rings (SSSR count). The van der Waals surface area contributed by atoms with Gasteiger partial charge in [-0.2, -0.15) is 0 Å². The molecule has 0 amide bonds. The van der Waals surface area contributed by atoms with E-state index in [-0.39, 0.29) is 5.96 Å². The summed E-state index contributed by atoms with van der Waals surface area (Å²) in [5.41, 5.74) is 9.80. The van der Waals surface area contributed by atoms with E-state index in [9.17, 15) is 0 Å². The Morgan fingerprint density at radius 3 is 2.25 bits per heavy atom. The third-order valence-corrected chi connectivity index (χ3v) is 0.307. The van der Waals surface area contributed by atoms with Crippen LogP contribution in [0.5, 0.6) is 0 Å². The zero-order valence-electron chi connectivity index (χ0n) is 4.72. The Balaban J connectivity index is 3.45. The van der Waals surface area contributed by atoms with Crippen LogP contribution in [0.2, 0.25) is 0 Å². The highest BCUT2D eigenvalue weighted by atomic mass is 16.6. The average Bonchev–Trinajstić information content (AvgIpc) is 1.61. The normalized spacial score (nSPS) is 7.62. The summed E-state index contributed by atoms with van der Waals surface area (Å²) in [5.74, 6) is 0.353. The average molecular weight is 115 g/mol. The monoisotopic (exact) mass is 115 g/mol. The lowest BCUT2D eigenvalue weighted by Gasteiger charge is -1.92. The number of allylic oxidation sites excluding steroid dienone is 1. The highest BCUT2D eigenvalue weighted by Gasteiger charge is 1.79. The lowest BCUT2D eigenvalue weighted by molar-refractivity contribution is 0.230. The van der Waals surface area contributed by atoms with E-state index in [0.717, 1.165) is 0 Å². The molecule has 0 saturated carbocycles. The van der Waals surface area contributed by atoms with Gasteiger partial charge in [0.25, 0.3) is 0 Å². The van der Waals surface area contributed by atoms with E-state index in [0.29, 0.717) is 5.76 Å². The van der Waals surface area contributed by atoms with Gasteiger partial charge in [0, 0.05) is 0 Å². The summed E-state index contributed by atoms with van der Waals surface area (Å²) in [7, 11) is 0. The van der Waals surface area contributed by atoms with Gasteiger partial charge in [0.05, 0.1) is 0 Å². The fourth-order valence-corrected chi connectivity index (χ4v) is 0.131. The largest absolute Gasteiger partial charge is 0.367 e. The van der Waals surface area contributed by atoms with E-state index in [1.807, 2.05) is 0 Å². The van der Waals surface area contributed by atoms with Crippen molar-refractivity contribution in [1.29, 1.82) is 0 Å². The Morgan fingerprint density at radius 2 is 2.12 bits per heavy atom. The summed E-state index contributed by atoms with van der Waals surface area (Å²) in [5, 5.41) is 3.20. The van der Waals surface area contributed by atoms with Crippen molar-refractivity contribution in [3.05, 3.63) is 12.3 Å². The van der Waals surface area contributed by atoms with Gasteiger partial charge in [0.2, 0.25) is 5.96 Å². The first kappa shape index (κ1) is 6.81. The molecular formula is C4H9N3O. The zero-order valence-corrected chi connectivity index (χ0v) is 4.72. The van der Waals surface area contributed by atoms with Gasteiger partial charge in [0.15, 0.2) is 0 Å². The number of guanidine groups is 1. The van der Waals surface area contributed by atoms with Crippen LogP contribution in [0.4, 0.5) is 0 Å². The number of hydrogen-bond acceptors (Lipinski definition) is 2. The summed E-state index contributed by atoms with van der Waals surface area (Å²) in [6, 6.07) is 0. The molecule has 0 aromatic rings. The first-order valence-corrected chi connectivity index (χ1v) is 2.04. The van der Waals surface area contributed by atoms with E-state index in [1.54, 1.807) is 6.92 Å². The molecule has 0 saturated heterocycles. The number of rotatable bonds is 2. The second kappa shape index (κ2) is 2.90. The fourth-order valence-electron chi connectivity index (χ4n) is 0.131. The zero-order chi connectivity index (χ0) is 6.57. The SMILES string of the molecule is C=C(C)ON=C(N)N. The highest BCUT2D eigenvalue weighted by Crippen LogP contribution is 1.87. The first-order valence-electron chi connectivity index (χ1n) is 2.04. The molecule has 0 fully saturated rings. The molecule has 0 aromatic carbocycles. The van der Waals surface area contributed by atoms with Crippen LogP contribution in [0.3, 0.4) is 0 Å². The second-order valence-electron chi connectivity index (χ2n) is 1.31. The Morgan fingerprint density at radius 1 is 1.62 bits per heavy atom. The van der Waals surface area contributed by atoms with Gasteiger partial charge in [-0.1, -0.05) is 6.58 Å². The van der Waals surface area contributed by atoms with Crippen LogP contribution in [-0.2, 0) is 4.84 Å². The van der Waals surface area contributed by atoms with Crippen LogP contribution in [0, 0.1) is 0 Å². The molecule has 0 aliphatic rings. The van der Waals surface area contributed by atoms with Gasteiger partial charge < -0.3 is 16.3 Å². The molecule has 46 valence electrons. The summed E-state index contributed by atoms with van der Waals surface area (Å²) in [4.78, 5) is 4.45. The summed E-state index contributed by atoms with van der Waals surface area (Å²) in [6.45, 7) is 5.03. The Labute approximate surface area is 47.8 Å². The smallest absolute Gasteiger partial charge is 0.228 e. The summed E-state index contributed by atoms with van der Waals surface area (Å²) < 4.78 is 0. The number of nitrogens with zero attached hydrogens (tertiary/aromatic N) is 1. The van der Waals surface area contributed by atoms with Crippen molar-refractivity contribution in [2.75, 3.05) is 0 Å². The van der Waals surface area contributed by atoms with Crippen LogP contribution in [-0.4, -0.2) is 5.96 Å². The minimum absolute atomic E-state index is 0.104. The molecule has 0 aliphatic heterocycles. The van der Waals surface area contributed by atoms with Crippen molar-refractivity contribution < 1.29 is 4.84 Å². The summed E-state index contributed by atoms with van der Waals surface area (Å²) >= 11 is 0. The number of hydrogen-bond donors (Lipinski definition) is 2. The first-order chi connectivity index (χ1) is 3.63. The second-order valence-corrected chi connectivity index (χ2v) is 1.31. The van der Waals surface area contributed by atoms with Crippen LogP contribution in [0.15, 0.2) is 17.5 Å². The Kier molecular flexibility index (Phi) is 2.47. The van der Waals surface area contributed by atoms with Crippen molar-refractivity contribution in [3.8, 4) is 0 Å². The molecule has 0 bridgehead atoms. The maximum absolute atomic E-state index is 4.90. The summed E-state index contributed by atoms with van der Waals surface area (Å²) in [6.07, 6.45) is 0. The van der Waals surface area contributed by atoms with Crippen LogP contribution in [0.25, 0.3) is 0 Å². The van der Waals surface area contributed by atoms with Gasteiger partial charge in [-0.15, -0.1) is 0 Å². The molecule has 0 unspecified atom stereocenters. The highest BCUT2D eigenvalue weighted by molar-refractivity contribution is 5.74. The standard InChI is InChI=1S/C4H9N3O/c1-3(2)8-7-4(5)6/h1H2,2H3,(H4,5,6,7). The van der Waals surface area contributed by atoms with Crippen molar-refractivity contribution >= 4 is 5.96 Å². The molecule has 0 aliphatic carbocycles. The molecule has 0 atom stereocenters. The third kappa shape index (κ3) is 4.81. The number of oxime groups is 1. The minimum atomic E-state index is -0.104. The van der Waals surface area contributed by atoms with Crippen molar-refractivity contribution in [2.24, 2.45) is 16.6 Å². The van der Waals surface area contributed by atoms with E-state index >= 15 is 0 Å². The molecule has 0 radical (unpaired) electrons. The van der Waals surface area contributed by atoms with Gasteiger partial charge in [-0.3, -0.25) is 0 Å². The quantitative estimate of drug-likeness (QED) is 0.225. The van der Waals surface area contributed by atoms with Crippen LogP contribution in [0.1, 0.15) is 6.92 Å². The molecule has 0 heterocycles. The van der Waals surface area contributed by atoms with Gasteiger partial charge in [-0.05, 0) is 12.1 Å². The fraction of sp³-hybridized carbons (Fsp3) is 0.250. The predicted molar refractivity (Wildman–Crippen MR) is 31.7 cm³/mol.